The summed E-state index contributed by atoms with van der Waals surface area (Å²) in [5, 5.41) is 21.0. The number of hydrogen-bond donors (Lipinski definition) is 2. The van der Waals surface area contributed by atoms with Crippen molar-refractivity contribution in [3.8, 4) is 11.5 Å². The van der Waals surface area contributed by atoms with E-state index in [4.69, 9.17) is 4.74 Å². The zero-order valence-corrected chi connectivity index (χ0v) is 21.5. The molecule has 34 heavy (non-hydrogen) atoms. The average molecular weight is 471 g/mol. The zero-order valence-electron chi connectivity index (χ0n) is 21.5. The van der Waals surface area contributed by atoms with Crippen molar-refractivity contribution in [1.29, 1.82) is 0 Å². The van der Waals surface area contributed by atoms with Gasteiger partial charge in [-0.05, 0) is 79.7 Å². The highest BCUT2D eigenvalue weighted by atomic mass is 16.5. The number of rotatable bonds is 11. The normalized spacial score (nSPS) is 29.9. The highest BCUT2D eigenvalue weighted by molar-refractivity contribution is 5.73. The Kier molecular flexibility index (Phi) is 8.61. The Labute approximate surface area is 206 Å². The van der Waals surface area contributed by atoms with Crippen LogP contribution in [-0.4, -0.2) is 22.3 Å². The quantitative estimate of drug-likeness (QED) is 0.200. The molecule has 1 aromatic carbocycles. The van der Waals surface area contributed by atoms with E-state index in [1.54, 1.807) is 6.07 Å². The van der Waals surface area contributed by atoms with E-state index in [0.717, 1.165) is 62.5 Å². The Bertz CT molecular complexity index is 833. The van der Waals surface area contributed by atoms with Gasteiger partial charge in [-0.25, -0.2) is 0 Å². The SMILES string of the molecule is CCCCCCCCCCCC(=O)Oc1cc(O)cc2c1[C@H]1CC[C@]3(C)[C@H](O)CC[C@H]3[C@@H]1CC2. The molecule has 0 spiro atoms. The van der Waals surface area contributed by atoms with Crippen LogP contribution in [0.25, 0.3) is 0 Å². The second kappa shape index (κ2) is 11.5. The summed E-state index contributed by atoms with van der Waals surface area (Å²) in [6.45, 7) is 4.53. The molecule has 4 heteroatoms. The van der Waals surface area contributed by atoms with Gasteiger partial charge in [0, 0.05) is 18.1 Å². The lowest BCUT2D eigenvalue weighted by Gasteiger charge is -2.50. The van der Waals surface area contributed by atoms with Crippen molar-refractivity contribution in [2.75, 3.05) is 0 Å². The molecule has 2 fully saturated rings. The highest BCUT2D eigenvalue weighted by Gasteiger charge is 2.54. The fraction of sp³-hybridized carbons (Fsp3) is 0.767. The summed E-state index contributed by atoms with van der Waals surface area (Å²) < 4.78 is 5.92. The Hall–Kier alpha value is -1.55. The van der Waals surface area contributed by atoms with Crippen LogP contribution in [0.2, 0.25) is 0 Å². The molecule has 0 saturated heterocycles. The molecule has 1 aromatic rings. The number of carbonyl (C=O) groups excluding carboxylic acids is 1. The van der Waals surface area contributed by atoms with Crippen molar-refractivity contribution in [2.45, 2.75) is 129 Å². The Balaban J connectivity index is 1.34. The van der Waals surface area contributed by atoms with Crippen molar-refractivity contribution >= 4 is 5.97 Å². The first-order valence-electron chi connectivity index (χ1n) is 14.2. The maximum atomic E-state index is 12.7. The van der Waals surface area contributed by atoms with E-state index >= 15 is 0 Å². The van der Waals surface area contributed by atoms with Crippen molar-refractivity contribution in [2.24, 2.45) is 17.3 Å². The Morgan fingerprint density at radius 3 is 2.44 bits per heavy atom. The predicted molar refractivity (Wildman–Crippen MR) is 136 cm³/mol. The number of aromatic hydroxyl groups is 1. The summed E-state index contributed by atoms with van der Waals surface area (Å²) in [5.41, 5.74) is 2.34. The van der Waals surface area contributed by atoms with E-state index in [-0.39, 0.29) is 23.2 Å². The van der Waals surface area contributed by atoms with Gasteiger partial charge in [0.15, 0.2) is 0 Å². The van der Waals surface area contributed by atoms with Gasteiger partial charge in [-0.2, -0.15) is 0 Å². The topological polar surface area (TPSA) is 66.8 Å². The Morgan fingerprint density at radius 2 is 1.71 bits per heavy atom. The van der Waals surface area contributed by atoms with E-state index < -0.39 is 0 Å². The number of aliphatic hydroxyl groups is 1. The first kappa shape index (κ1) is 25.5. The van der Waals surface area contributed by atoms with Crippen LogP contribution in [0.15, 0.2) is 12.1 Å². The van der Waals surface area contributed by atoms with Crippen LogP contribution in [0.3, 0.4) is 0 Å². The molecule has 190 valence electrons. The van der Waals surface area contributed by atoms with E-state index in [1.807, 2.05) is 6.07 Å². The number of carbonyl (C=O) groups is 1. The summed E-state index contributed by atoms with van der Waals surface area (Å²) in [4.78, 5) is 12.7. The smallest absolute Gasteiger partial charge is 0.311 e. The predicted octanol–water partition coefficient (Wildman–Crippen LogP) is 7.44. The third-order valence-electron chi connectivity index (χ3n) is 9.43. The molecular formula is C30H46O4. The first-order valence-corrected chi connectivity index (χ1v) is 14.2. The molecular weight excluding hydrogens is 424 g/mol. The van der Waals surface area contributed by atoms with Gasteiger partial charge in [0.2, 0.25) is 0 Å². The number of aliphatic hydroxyl groups excluding tert-OH is 1. The summed E-state index contributed by atoms with van der Waals surface area (Å²) >= 11 is 0. The summed E-state index contributed by atoms with van der Waals surface area (Å²) in [5.74, 6) is 2.04. The van der Waals surface area contributed by atoms with Crippen molar-refractivity contribution in [3.63, 3.8) is 0 Å². The molecule has 0 aromatic heterocycles. The van der Waals surface area contributed by atoms with Crippen LogP contribution in [0.1, 0.15) is 127 Å². The van der Waals surface area contributed by atoms with E-state index in [2.05, 4.69) is 13.8 Å². The largest absolute Gasteiger partial charge is 0.508 e. The van der Waals surface area contributed by atoms with Crippen LogP contribution in [0.5, 0.6) is 11.5 Å². The van der Waals surface area contributed by atoms with Crippen molar-refractivity contribution in [3.05, 3.63) is 23.3 Å². The minimum absolute atomic E-state index is 0.0302. The lowest BCUT2D eigenvalue weighted by molar-refractivity contribution is -0.134. The number of ether oxygens (including phenoxy) is 1. The number of phenols is 1. The van der Waals surface area contributed by atoms with Crippen molar-refractivity contribution in [1.82, 2.24) is 0 Å². The molecule has 0 unspecified atom stereocenters. The molecule has 2 saturated carbocycles. The van der Waals surface area contributed by atoms with Crippen LogP contribution in [0, 0.1) is 17.3 Å². The molecule has 3 aliphatic rings. The number of esters is 1. The lowest BCUT2D eigenvalue weighted by Crippen LogP contribution is -2.44. The molecule has 4 rings (SSSR count). The molecule has 0 bridgehead atoms. The number of aryl methyl sites for hydroxylation is 1. The second-order valence-corrected chi connectivity index (χ2v) is 11.6. The zero-order chi connectivity index (χ0) is 24.1. The van der Waals surface area contributed by atoms with Crippen LogP contribution < -0.4 is 4.74 Å². The van der Waals surface area contributed by atoms with Crippen molar-refractivity contribution < 1.29 is 19.7 Å². The summed E-state index contributed by atoms with van der Waals surface area (Å²) in [6.07, 6.45) is 17.3. The van der Waals surface area contributed by atoms with E-state index in [1.165, 1.54) is 44.9 Å². The van der Waals surface area contributed by atoms with Gasteiger partial charge in [-0.15, -0.1) is 0 Å². The van der Waals surface area contributed by atoms with Crippen LogP contribution in [0.4, 0.5) is 0 Å². The molecule has 0 heterocycles. The molecule has 0 amide bonds. The maximum absolute atomic E-state index is 12.7. The van der Waals surface area contributed by atoms with Gasteiger partial charge in [0.1, 0.15) is 11.5 Å². The first-order chi connectivity index (χ1) is 16.4. The van der Waals surface area contributed by atoms with E-state index in [9.17, 15) is 15.0 Å². The summed E-state index contributed by atoms with van der Waals surface area (Å²) in [6, 6.07) is 3.54. The van der Waals surface area contributed by atoms with Crippen LogP contribution in [-0.2, 0) is 11.2 Å². The average Bonchev–Trinajstić information content (AvgIpc) is 3.12. The molecule has 2 N–H and O–H groups in total. The van der Waals surface area contributed by atoms with Gasteiger partial charge >= 0.3 is 5.97 Å². The van der Waals surface area contributed by atoms with Gasteiger partial charge in [-0.1, -0.05) is 65.2 Å². The van der Waals surface area contributed by atoms with Crippen LogP contribution >= 0.6 is 0 Å². The minimum Gasteiger partial charge on any atom is -0.508 e. The standard InChI is InChI=1S/C30H46O4/c1-3-4-5-6-7-8-9-10-11-12-28(33)34-26-20-22(31)19-21-13-14-23-24(29(21)26)17-18-30(2)25(23)15-16-27(30)32/h19-20,23-25,27,31-32H,3-18H2,1-2H3/t23-,24+,25+,27-,30+/m1/s1. The van der Waals surface area contributed by atoms with Gasteiger partial charge in [0.05, 0.1) is 6.10 Å². The monoisotopic (exact) mass is 470 g/mol. The molecule has 0 aliphatic heterocycles. The third kappa shape index (κ3) is 5.48. The molecule has 3 aliphatic carbocycles. The van der Waals surface area contributed by atoms with Gasteiger partial charge in [-0.3, -0.25) is 4.79 Å². The van der Waals surface area contributed by atoms with E-state index in [0.29, 0.717) is 29.9 Å². The fourth-order valence-electron chi connectivity index (χ4n) is 7.48. The Morgan fingerprint density at radius 1 is 1.00 bits per heavy atom. The number of fused-ring (bicyclic) bond motifs is 5. The number of hydrogen-bond acceptors (Lipinski definition) is 4. The fourth-order valence-corrected chi connectivity index (χ4v) is 7.48. The lowest BCUT2D eigenvalue weighted by atomic mass is 9.55. The number of unbranched alkanes of at least 4 members (excludes halogenated alkanes) is 8. The number of benzene rings is 1. The third-order valence-corrected chi connectivity index (χ3v) is 9.43. The highest BCUT2D eigenvalue weighted by Crippen LogP contribution is 2.62. The maximum Gasteiger partial charge on any atom is 0.311 e. The summed E-state index contributed by atoms with van der Waals surface area (Å²) in [7, 11) is 0. The van der Waals surface area contributed by atoms with Gasteiger partial charge in [0.25, 0.3) is 0 Å². The van der Waals surface area contributed by atoms with Gasteiger partial charge < -0.3 is 14.9 Å². The number of phenolic OH excluding ortho intramolecular Hbond substituents is 1. The molecule has 4 nitrogen and oxygen atoms in total. The second-order valence-electron chi connectivity index (χ2n) is 11.6. The molecule has 5 atom stereocenters. The minimum atomic E-state index is -0.187. The molecule has 0 radical (unpaired) electrons.